The van der Waals surface area contributed by atoms with Gasteiger partial charge >= 0.3 is 5.97 Å². The Balaban J connectivity index is 1.75. The van der Waals surface area contributed by atoms with Gasteiger partial charge < -0.3 is 4.74 Å². The van der Waals surface area contributed by atoms with Crippen molar-refractivity contribution in [3.63, 3.8) is 0 Å². The number of ketones is 2. The zero-order valence-electron chi connectivity index (χ0n) is 17.8. The van der Waals surface area contributed by atoms with Gasteiger partial charge in [0.25, 0.3) is 0 Å². The molecule has 0 saturated carbocycles. The zero-order valence-corrected chi connectivity index (χ0v) is 17.8. The molecular weight excluding hydrogens is 376 g/mol. The van der Waals surface area contributed by atoms with Crippen LogP contribution in [0.3, 0.4) is 0 Å². The third-order valence-corrected chi connectivity index (χ3v) is 5.01. The van der Waals surface area contributed by atoms with Gasteiger partial charge in [-0.2, -0.15) is 0 Å². The Labute approximate surface area is 179 Å². The van der Waals surface area contributed by atoms with Crippen molar-refractivity contribution in [3.8, 4) is 5.75 Å². The third kappa shape index (κ3) is 7.43. The standard InChI is InChI=1S/C26H30O4/c1-3-24(27)23(25(28)4-2)15-11-6-5-8-12-20-16-18-22(19-17-20)30-26(29)21-13-9-7-10-14-21/h5-7,9-10,13-14,16-19,23H,3-4,8,11-12,15H2,1-2H3/b6-5+. The van der Waals surface area contributed by atoms with Crippen LogP contribution in [-0.2, 0) is 16.0 Å². The van der Waals surface area contributed by atoms with Crippen molar-refractivity contribution < 1.29 is 19.1 Å². The van der Waals surface area contributed by atoms with Gasteiger partial charge in [-0.15, -0.1) is 0 Å². The second-order valence-electron chi connectivity index (χ2n) is 7.18. The maximum Gasteiger partial charge on any atom is 0.343 e. The van der Waals surface area contributed by atoms with Gasteiger partial charge in [0.15, 0.2) is 0 Å². The SMILES string of the molecule is CCC(=O)C(CC/C=C/CCc1ccc(OC(=O)c2ccccc2)cc1)C(=O)CC. The maximum atomic E-state index is 12.1. The van der Waals surface area contributed by atoms with Crippen molar-refractivity contribution in [3.05, 3.63) is 77.9 Å². The summed E-state index contributed by atoms with van der Waals surface area (Å²) in [6.07, 6.45) is 8.04. The van der Waals surface area contributed by atoms with Crippen LogP contribution in [0.25, 0.3) is 0 Å². The van der Waals surface area contributed by atoms with Crippen molar-refractivity contribution in [1.82, 2.24) is 0 Å². The Kier molecular flexibility index (Phi) is 9.72. The fourth-order valence-corrected chi connectivity index (χ4v) is 3.21. The van der Waals surface area contributed by atoms with Gasteiger partial charge in [-0.3, -0.25) is 9.59 Å². The molecule has 4 heteroatoms. The normalized spacial score (nSPS) is 11.0. The topological polar surface area (TPSA) is 60.4 Å². The van der Waals surface area contributed by atoms with Crippen molar-refractivity contribution in [2.24, 2.45) is 5.92 Å². The van der Waals surface area contributed by atoms with E-state index in [9.17, 15) is 14.4 Å². The van der Waals surface area contributed by atoms with Crippen molar-refractivity contribution >= 4 is 17.5 Å². The highest BCUT2D eigenvalue weighted by Gasteiger charge is 2.22. The molecule has 4 nitrogen and oxygen atoms in total. The molecule has 0 aliphatic carbocycles. The molecule has 2 rings (SSSR count). The molecule has 2 aromatic carbocycles. The van der Waals surface area contributed by atoms with Crippen LogP contribution in [0.5, 0.6) is 5.75 Å². The fourth-order valence-electron chi connectivity index (χ4n) is 3.21. The lowest BCUT2D eigenvalue weighted by atomic mass is 9.91. The number of hydrogen-bond donors (Lipinski definition) is 0. The molecule has 0 aliphatic rings. The van der Waals surface area contributed by atoms with Crippen molar-refractivity contribution in [2.45, 2.75) is 52.4 Å². The molecule has 0 bridgehead atoms. The molecule has 2 aromatic rings. The molecule has 0 aliphatic heterocycles. The van der Waals surface area contributed by atoms with E-state index in [0.29, 0.717) is 30.6 Å². The quantitative estimate of drug-likeness (QED) is 0.195. The van der Waals surface area contributed by atoms with E-state index in [1.54, 1.807) is 36.4 Å². The summed E-state index contributed by atoms with van der Waals surface area (Å²) in [4.78, 5) is 35.9. The lowest BCUT2D eigenvalue weighted by Gasteiger charge is -2.11. The molecule has 0 unspecified atom stereocenters. The largest absolute Gasteiger partial charge is 0.423 e. The summed E-state index contributed by atoms with van der Waals surface area (Å²) < 4.78 is 5.38. The number of carbonyl (C=O) groups is 3. The van der Waals surface area contributed by atoms with E-state index in [1.165, 1.54) is 0 Å². The monoisotopic (exact) mass is 406 g/mol. The lowest BCUT2D eigenvalue weighted by Crippen LogP contribution is -2.22. The first kappa shape index (κ1) is 23.3. The predicted molar refractivity (Wildman–Crippen MR) is 119 cm³/mol. The Morgan fingerprint density at radius 2 is 1.43 bits per heavy atom. The number of allylic oxidation sites excluding steroid dienone is 2. The van der Waals surface area contributed by atoms with E-state index in [-0.39, 0.29) is 17.5 Å². The summed E-state index contributed by atoms with van der Waals surface area (Å²) in [7, 11) is 0. The summed E-state index contributed by atoms with van der Waals surface area (Å²) in [5.74, 6) is -0.203. The summed E-state index contributed by atoms with van der Waals surface area (Å²) >= 11 is 0. The van der Waals surface area contributed by atoms with Crippen LogP contribution < -0.4 is 4.74 Å². The Morgan fingerprint density at radius 1 is 0.833 bits per heavy atom. The van der Waals surface area contributed by atoms with E-state index in [0.717, 1.165) is 24.8 Å². The highest BCUT2D eigenvalue weighted by atomic mass is 16.5. The first-order valence-electron chi connectivity index (χ1n) is 10.6. The number of esters is 1. The molecule has 0 heterocycles. The molecule has 0 radical (unpaired) electrons. The fraction of sp³-hybridized carbons (Fsp3) is 0.346. The van der Waals surface area contributed by atoms with Crippen LogP contribution in [0.2, 0.25) is 0 Å². The van der Waals surface area contributed by atoms with Gasteiger partial charge in [0, 0.05) is 12.8 Å². The first-order chi connectivity index (χ1) is 14.5. The van der Waals surface area contributed by atoms with Gasteiger partial charge in [0.1, 0.15) is 17.3 Å². The van der Waals surface area contributed by atoms with Crippen molar-refractivity contribution in [1.29, 1.82) is 0 Å². The third-order valence-electron chi connectivity index (χ3n) is 5.01. The van der Waals surface area contributed by atoms with E-state index >= 15 is 0 Å². The average molecular weight is 407 g/mol. The van der Waals surface area contributed by atoms with Crippen LogP contribution in [0.1, 0.15) is 61.9 Å². The first-order valence-corrected chi connectivity index (χ1v) is 10.6. The lowest BCUT2D eigenvalue weighted by molar-refractivity contribution is -0.132. The molecule has 0 saturated heterocycles. The predicted octanol–water partition coefficient (Wildman–Crippen LogP) is 5.75. The molecule has 0 aromatic heterocycles. The molecule has 30 heavy (non-hydrogen) atoms. The molecule has 0 atom stereocenters. The number of carbonyl (C=O) groups excluding carboxylic acids is 3. The Hall–Kier alpha value is -3.01. The minimum absolute atomic E-state index is 0.0447. The van der Waals surface area contributed by atoms with E-state index in [1.807, 2.05) is 32.0 Å². The van der Waals surface area contributed by atoms with Crippen LogP contribution in [-0.4, -0.2) is 17.5 Å². The highest BCUT2D eigenvalue weighted by Crippen LogP contribution is 2.17. The van der Waals surface area contributed by atoms with Crippen LogP contribution in [0.15, 0.2) is 66.7 Å². The number of hydrogen-bond acceptors (Lipinski definition) is 4. The number of Topliss-reactive ketones (excluding diaryl/α,β-unsaturated/α-hetero) is 2. The molecule has 0 N–H and O–H groups in total. The van der Waals surface area contributed by atoms with Gasteiger partial charge in [0.05, 0.1) is 11.5 Å². The molecule has 0 amide bonds. The van der Waals surface area contributed by atoms with Crippen molar-refractivity contribution in [2.75, 3.05) is 0 Å². The smallest absolute Gasteiger partial charge is 0.343 e. The van der Waals surface area contributed by atoms with Gasteiger partial charge in [-0.25, -0.2) is 4.79 Å². The van der Waals surface area contributed by atoms with E-state index < -0.39 is 5.92 Å². The van der Waals surface area contributed by atoms with Crippen LogP contribution >= 0.6 is 0 Å². The summed E-state index contributed by atoms with van der Waals surface area (Å²) in [6.45, 7) is 3.62. The van der Waals surface area contributed by atoms with Gasteiger partial charge in [0.2, 0.25) is 0 Å². The number of ether oxygens (including phenoxy) is 1. The second kappa shape index (κ2) is 12.5. The van der Waals surface area contributed by atoms with E-state index in [2.05, 4.69) is 12.2 Å². The van der Waals surface area contributed by atoms with Gasteiger partial charge in [-0.05, 0) is 55.5 Å². The molecule has 0 fully saturated rings. The molecule has 158 valence electrons. The minimum atomic E-state index is -0.448. The second-order valence-corrected chi connectivity index (χ2v) is 7.18. The summed E-state index contributed by atoms with van der Waals surface area (Å²) in [6, 6.07) is 16.4. The Morgan fingerprint density at radius 3 is 2.03 bits per heavy atom. The number of aryl methyl sites for hydroxylation is 1. The zero-order chi connectivity index (χ0) is 21.8. The minimum Gasteiger partial charge on any atom is -0.423 e. The summed E-state index contributed by atoms with van der Waals surface area (Å²) in [5.41, 5.74) is 1.68. The van der Waals surface area contributed by atoms with E-state index in [4.69, 9.17) is 4.74 Å². The molecular formula is C26H30O4. The van der Waals surface area contributed by atoms with Crippen LogP contribution in [0.4, 0.5) is 0 Å². The average Bonchev–Trinajstić information content (AvgIpc) is 2.79. The highest BCUT2D eigenvalue weighted by molar-refractivity contribution is 6.02. The van der Waals surface area contributed by atoms with Crippen LogP contribution in [0, 0.1) is 5.92 Å². The molecule has 0 spiro atoms. The number of rotatable bonds is 12. The summed E-state index contributed by atoms with van der Waals surface area (Å²) in [5, 5.41) is 0. The van der Waals surface area contributed by atoms with Gasteiger partial charge in [-0.1, -0.05) is 56.3 Å². The number of benzene rings is 2. The maximum absolute atomic E-state index is 12.1. The Bertz CT molecular complexity index is 834.